The first-order chi connectivity index (χ1) is 6.20. The Balaban J connectivity index is 3.13. The Hall–Kier alpha value is -2.57. The summed E-state index contributed by atoms with van der Waals surface area (Å²) in [6, 6.07) is 0. The quantitative estimate of drug-likeness (QED) is 0.169. The summed E-state index contributed by atoms with van der Waals surface area (Å²) in [5, 5.41) is 19.3. The normalized spacial score (nSPS) is 14.0. The fourth-order valence-electron chi connectivity index (χ4n) is 0.612. The molecular weight excluding hydrogens is 180 g/mol. The predicted molar refractivity (Wildman–Crippen MR) is 39.6 cm³/mol. The molecular formula is C3N8O2. The average Bonchev–Trinajstić information content (AvgIpc) is 2.48. The van der Waals surface area contributed by atoms with E-state index in [1.165, 1.54) is 0 Å². The zero-order chi connectivity index (χ0) is 9.84. The van der Waals surface area contributed by atoms with Gasteiger partial charge in [0, 0.05) is 4.91 Å². The van der Waals surface area contributed by atoms with Crippen LogP contribution < -0.4 is 0 Å². The minimum atomic E-state index is -0.904. The van der Waals surface area contributed by atoms with Crippen molar-refractivity contribution in [2.24, 2.45) is 15.3 Å². The van der Waals surface area contributed by atoms with E-state index in [0.29, 0.717) is 0 Å². The zero-order valence-corrected chi connectivity index (χ0v) is 5.89. The largest absolute Gasteiger partial charge is 0.482 e. The fraction of sp³-hybridized carbons (Fsp3) is 0. The van der Waals surface area contributed by atoms with Gasteiger partial charge in [0.2, 0.25) is 0 Å². The number of azide groups is 1. The smallest absolute Gasteiger partial charge is 0.360 e. The zero-order valence-electron chi connectivity index (χ0n) is 5.89. The summed E-state index contributed by atoms with van der Waals surface area (Å²) in [6.45, 7) is 0. The van der Waals surface area contributed by atoms with Gasteiger partial charge in [0.1, 0.15) is 0 Å². The lowest BCUT2D eigenvalue weighted by Crippen LogP contribution is -2.26. The molecule has 1 aliphatic rings. The van der Waals surface area contributed by atoms with Crippen LogP contribution in [0, 0.1) is 10.1 Å². The third-order valence-corrected chi connectivity index (χ3v) is 1.08. The van der Waals surface area contributed by atoms with Gasteiger partial charge in [-0.2, -0.15) is 4.79 Å². The van der Waals surface area contributed by atoms with Crippen molar-refractivity contribution in [1.29, 1.82) is 0 Å². The second-order valence-corrected chi connectivity index (χ2v) is 1.74. The lowest BCUT2D eigenvalue weighted by molar-refractivity contribution is -0.347. The van der Waals surface area contributed by atoms with Gasteiger partial charge in [-0.15, -0.1) is 0 Å². The maximum atomic E-state index is 10.2. The first-order valence-electron chi connectivity index (χ1n) is 2.78. The molecule has 13 heavy (non-hydrogen) atoms. The van der Waals surface area contributed by atoms with E-state index >= 15 is 0 Å². The van der Waals surface area contributed by atoms with Crippen LogP contribution in [0.2, 0.25) is 0 Å². The van der Waals surface area contributed by atoms with Gasteiger partial charge in [-0.3, -0.25) is 0 Å². The van der Waals surface area contributed by atoms with Gasteiger partial charge in [0.15, 0.2) is 0 Å². The van der Waals surface area contributed by atoms with Crippen LogP contribution in [0.5, 0.6) is 0 Å². The van der Waals surface area contributed by atoms with Crippen molar-refractivity contribution in [3.63, 3.8) is 0 Å². The van der Waals surface area contributed by atoms with Crippen molar-refractivity contribution in [2.75, 3.05) is 0 Å². The summed E-state index contributed by atoms with van der Waals surface area (Å²) in [6.07, 6.45) is 0. The molecule has 0 bridgehead atoms. The first kappa shape index (κ1) is 8.53. The summed E-state index contributed by atoms with van der Waals surface area (Å²) < 4.78 is 0. The van der Waals surface area contributed by atoms with E-state index in [0.717, 1.165) is 0 Å². The molecule has 0 aliphatic carbocycles. The maximum Gasteiger partial charge on any atom is 0.482 e. The highest BCUT2D eigenvalue weighted by molar-refractivity contribution is 6.65. The van der Waals surface area contributed by atoms with Gasteiger partial charge in [-0.25, -0.2) is 0 Å². The third-order valence-electron chi connectivity index (χ3n) is 1.08. The van der Waals surface area contributed by atoms with Gasteiger partial charge < -0.3 is 15.6 Å². The second kappa shape index (κ2) is 3.22. The molecule has 0 saturated carbocycles. The van der Waals surface area contributed by atoms with Crippen LogP contribution in [0.3, 0.4) is 0 Å². The molecule has 0 saturated heterocycles. The van der Waals surface area contributed by atoms with Gasteiger partial charge in [0.05, 0.1) is 5.10 Å². The Morgan fingerprint density at radius 2 is 2.15 bits per heavy atom. The van der Waals surface area contributed by atoms with E-state index < -0.39 is 22.3 Å². The molecule has 0 radical (unpaired) electrons. The number of amidine groups is 2. The number of hydrogen-bond donors (Lipinski definition) is 0. The Labute approximate surface area is 69.6 Å². The third kappa shape index (κ3) is 1.38. The van der Waals surface area contributed by atoms with Crippen LogP contribution in [0.4, 0.5) is 0 Å². The van der Waals surface area contributed by atoms with Crippen molar-refractivity contribution in [2.45, 2.75) is 0 Å². The van der Waals surface area contributed by atoms with Gasteiger partial charge in [0.25, 0.3) is 5.84 Å². The molecule has 0 unspecified atom stereocenters. The summed E-state index contributed by atoms with van der Waals surface area (Å²) in [5.74, 6) is -1.19. The van der Waals surface area contributed by atoms with Crippen LogP contribution >= 0.6 is 0 Å². The van der Waals surface area contributed by atoms with E-state index in [-0.39, 0.29) is 0 Å². The lowest BCUT2D eigenvalue weighted by Gasteiger charge is -1.84. The molecule has 10 heteroatoms. The molecule has 0 aromatic rings. The van der Waals surface area contributed by atoms with Crippen LogP contribution in [-0.4, -0.2) is 27.1 Å². The topological polar surface area (TPSA) is 153 Å². The van der Waals surface area contributed by atoms with Crippen LogP contribution in [0.25, 0.3) is 16.0 Å². The highest BCUT2D eigenvalue weighted by Crippen LogP contribution is 2.00. The monoisotopic (exact) mass is 180 g/mol. The van der Waals surface area contributed by atoms with Gasteiger partial charge in [-0.05, 0) is 20.7 Å². The van der Waals surface area contributed by atoms with Crippen molar-refractivity contribution in [1.82, 2.24) is 0 Å². The van der Waals surface area contributed by atoms with Crippen LogP contribution in [0.1, 0.15) is 0 Å². The molecule has 1 heterocycles. The van der Waals surface area contributed by atoms with Crippen molar-refractivity contribution >= 4 is 17.4 Å². The molecule has 0 fully saturated rings. The highest BCUT2D eigenvalue weighted by atomic mass is 16.6. The van der Waals surface area contributed by atoms with E-state index in [2.05, 4.69) is 25.0 Å². The summed E-state index contributed by atoms with van der Waals surface area (Å²) in [7, 11) is 0. The van der Waals surface area contributed by atoms with E-state index in [9.17, 15) is 10.1 Å². The standard InChI is InChI=1S/C3N8O2/c4-6-1-2(8-10-5)7-9-3(1)11(12)13. The Morgan fingerprint density at radius 1 is 1.46 bits per heavy atom. The van der Waals surface area contributed by atoms with Crippen molar-refractivity contribution < 1.29 is 9.71 Å². The summed E-state index contributed by atoms with van der Waals surface area (Å²) >= 11 is 0. The molecule has 0 aromatic carbocycles. The Bertz CT molecular complexity index is 399. The van der Waals surface area contributed by atoms with E-state index in [1.54, 1.807) is 0 Å². The van der Waals surface area contributed by atoms with Gasteiger partial charge >= 0.3 is 11.5 Å². The molecule has 10 nitrogen and oxygen atoms in total. The molecule has 0 aromatic heterocycles. The summed E-state index contributed by atoms with van der Waals surface area (Å²) in [5.41, 5.74) is 15.8. The molecule has 0 amide bonds. The van der Waals surface area contributed by atoms with Crippen molar-refractivity contribution in [3.05, 3.63) is 26.1 Å². The number of nitro groups is 1. The molecule has 1 rings (SSSR count). The van der Waals surface area contributed by atoms with Crippen LogP contribution in [0.15, 0.2) is 15.3 Å². The minimum Gasteiger partial charge on any atom is -0.360 e. The lowest BCUT2D eigenvalue weighted by atomic mass is 10.3. The molecule has 0 atom stereocenters. The predicted octanol–water partition coefficient (Wildman–Crippen LogP) is -0.0302. The first-order valence-corrected chi connectivity index (χ1v) is 2.78. The second-order valence-electron chi connectivity index (χ2n) is 1.74. The van der Waals surface area contributed by atoms with Crippen molar-refractivity contribution in [3.8, 4) is 0 Å². The van der Waals surface area contributed by atoms with Crippen LogP contribution in [-0.2, 0) is 0 Å². The number of hydrogen-bond acceptors (Lipinski definition) is 5. The summed E-state index contributed by atoms with van der Waals surface area (Å²) in [4.78, 5) is 14.1. The Morgan fingerprint density at radius 3 is 2.62 bits per heavy atom. The highest BCUT2D eigenvalue weighted by Gasteiger charge is 2.41. The SMILES string of the molecule is [N-]=[N+]=NC1=NN=C([N+](=O)[O-])C1=[N+]=[N-]. The maximum absolute atomic E-state index is 10.2. The molecule has 64 valence electrons. The van der Waals surface area contributed by atoms with Gasteiger partial charge in [-0.1, -0.05) is 0 Å². The molecule has 0 N–H and O–H groups in total. The van der Waals surface area contributed by atoms with E-state index in [4.69, 9.17) is 11.1 Å². The minimum absolute atomic E-state index is 0.434. The molecule has 0 spiro atoms. The Kier molecular flexibility index (Phi) is 2.11. The number of nitrogens with zero attached hydrogens (tertiary/aromatic N) is 8. The van der Waals surface area contributed by atoms with E-state index in [1.807, 2.05) is 0 Å². The number of rotatable bonds is 0. The average molecular weight is 180 g/mol. The fourth-order valence-corrected chi connectivity index (χ4v) is 0.612. The molecule has 1 aliphatic heterocycles.